The van der Waals surface area contributed by atoms with Gasteiger partial charge in [-0.15, -0.1) is 11.8 Å². The van der Waals surface area contributed by atoms with E-state index >= 15 is 0 Å². The van der Waals surface area contributed by atoms with Crippen molar-refractivity contribution in [1.29, 1.82) is 0 Å². The lowest BCUT2D eigenvalue weighted by Crippen LogP contribution is -2.42. The first-order chi connectivity index (χ1) is 16.0. The summed E-state index contributed by atoms with van der Waals surface area (Å²) in [7, 11) is 0. The topological polar surface area (TPSA) is 70.2 Å². The third-order valence-electron chi connectivity index (χ3n) is 7.97. The first-order valence-corrected chi connectivity index (χ1v) is 13.2. The first-order valence-electron chi connectivity index (χ1n) is 11.1. The van der Waals surface area contributed by atoms with Crippen LogP contribution >= 0.6 is 34.7 Å². The van der Waals surface area contributed by atoms with Crippen LogP contribution in [0.1, 0.15) is 22.8 Å². The maximum Gasteiger partial charge on any atom is 0.305 e. The highest BCUT2D eigenvalue weighted by Crippen LogP contribution is 2.68. The minimum Gasteiger partial charge on any atom is -0.307 e. The molecule has 33 heavy (non-hydrogen) atoms. The van der Waals surface area contributed by atoms with Crippen molar-refractivity contribution in [2.24, 2.45) is 29.6 Å². The molecule has 7 atom stereocenters. The van der Waals surface area contributed by atoms with Crippen molar-refractivity contribution in [2.75, 3.05) is 4.90 Å². The van der Waals surface area contributed by atoms with Gasteiger partial charge in [0.2, 0.25) is 11.8 Å². The van der Waals surface area contributed by atoms with Crippen LogP contribution in [0.4, 0.5) is 5.69 Å². The van der Waals surface area contributed by atoms with Gasteiger partial charge in [0.25, 0.3) is 0 Å². The van der Waals surface area contributed by atoms with Crippen molar-refractivity contribution in [3.05, 3.63) is 79.7 Å². The molecule has 2 aromatic carbocycles. The van der Waals surface area contributed by atoms with E-state index < -0.39 is 0 Å². The van der Waals surface area contributed by atoms with Crippen LogP contribution in [0.3, 0.4) is 0 Å². The van der Waals surface area contributed by atoms with Crippen LogP contribution in [0.5, 0.6) is 0 Å². The molecule has 2 amide bonds. The smallest absolute Gasteiger partial charge is 0.305 e. The zero-order valence-electron chi connectivity index (χ0n) is 17.3. The number of carbonyl (C=O) groups excluding carboxylic acids is 2. The Morgan fingerprint density at radius 1 is 0.909 bits per heavy atom. The summed E-state index contributed by atoms with van der Waals surface area (Å²) >= 11 is 9.15. The third kappa shape index (κ3) is 2.70. The number of amides is 2. The van der Waals surface area contributed by atoms with Gasteiger partial charge in [-0.25, -0.2) is 0 Å². The molecule has 1 N–H and O–H groups in total. The van der Waals surface area contributed by atoms with E-state index in [0.29, 0.717) is 10.7 Å². The van der Waals surface area contributed by atoms with Crippen molar-refractivity contribution in [2.45, 2.75) is 22.6 Å². The molecule has 3 aromatic rings. The molecule has 2 aliphatic carbocycles. The van der Waals surface area contributed by atoms with Gasteiger partial charge in [0.05, 0.1) is 22.5 Å². The Labute approximate surface area is 203 Å². The average molecular weight is 495 g/mol. The number of para-hydroxylation sites is 1. The normalized spacial score (nSPS) is 33.8. The van der Waals surface area contributed by atoms with Gasteiger partial charge in [-0.1, -0.05) is 53.3 Å². The summed E-state index contributed by atoms with van der Waals surface area (Å²) < 4.78 is 0. The molecule has 2 aliphatic heterocycles. The lowest BCUT2D eigenvalue weighted by atomic mass is 9.68. The predicted molar refractivity (Wildman–Crippen MR) is 129 cm³/mol. The number of hydrogen-bond acceptors (Lipinski definition) is 5. The fourth-order valence-corrected chi connectivity index (χ4v) is 9.91. The molecule has 3 fully saturated rings. The van der Waals surface area contributed by atoms with Crippen molar-refractivity contribution in [3.8, 4) is 0 Å². The number of anilines is 1. The van der Waals surface area contributed by atoms with E-state index in [9.17, 15) is 14.4 Å². The summed E-state index contributed by atoms with van der Waals surface area (Å²) in [5, 5.41) is 1.79. The number of imide groups is 1. The van der Waals surface area contributed by atoms with Crippen LogP contribution in [0, 0.1) is 29.6 Å². The molecular formula is C25H19ClN2O3S2. The summed E-state index contributed by atoms with van der Waals surface area (Å²) in [5.74, 6) is -0.192. The van der Waals surface area contributed by atoms with Crippen LogP contribution in [0.15, 0.2) is 64.4 Å². The molecule has 2 saturated carbocycles. The molecule has 0 radical (unpaired) electrons. The maximum atomic E-state index is 13.6. The number of rotatable bonds is 2. The van der Waals surface area contributed by atoms with E-state index in [1.165, 1.54) is 16.2 Å². The van der Waals surface area contributed by atoms with Crippen LogP contribution in [0.25, 0.3) is 0 Å². The summed E-state index contributed by atoms with van der Waals surface area (Å²) in [6.45, 7) is 0. The maximum absolute atomic E-state index is 13.6. The summed E-state index contributed by atoms with van der Waals surface area (Å²) in [6.07, 6.45) is 0.890. The Balaban J connectivity index is 1.34. The van der Waals surface area contributed by atoms with Gasteiger partial charge in [-0.3, -0.25) is 19.3 Å². The number of H-pyrrole nitrogens is 1. The molecule has 4 aliphatic rings. The Morgan fingerprint density at radius 3 is 2.33 bits per heavy atom. The van der Waals surface area contributed by atoms with Crippen LogP contribution < -0.4 is 9.77 Å². The lowest BCUT2D eigenvalue weighted by molar-refractivity contribution is -0.123. The summed E-state index contributed by atoms with van der Waals surface area (Å²) in [5.41, 5.74) is 1.78. The number of benzene rings is 2. The Kier molecular flexibility index (Phi) is 4.30. The monoisotopic (exact) mass is 494 g/mol. The number of thioether (sulfide) groups is 1. The van der Waals surface area contributed by atoms with Crippen molar-refractivity contribution < 1.29 is 9.59 Å². The molecular weight excluding hydrogens is 476 g/mol. The summed E-state index contributed by atoms with van der Waals surface area (Å²) in [4.78, 5) is 44.9. The second-order valence-corrected chi connectivity index (χ2v) is 12.0. The quantitative estimate of drug-likeness (QED) is 0.521. The number of carbonyl (C=O) groups is 2. The zero-order chi connectivity index (χ0) is 22.4. The van der Waals surface area contributed by atoms with E-state index in [1.54, 1.807) is 11.8 Å². The largest absolute Gasteiger partial charge is 0.307 e. The Bertz CT molecular complexity index is 1350. The molecule has 2 bridgehead atoms. The molecule has 0 unspecified atom stereocenters. The van der Waals surface area contributed by atoms with Gasteiger partial charge in [0.1, 0.15) is 0 Å². The Hall–Kier alpha value is -2.35. The van der Waals surface area contributed by atoms with Crippen LogP contribution in [-0.2, 0) is 9.59 Å². The van der Waals surface area contributed by atoms with E-state index in [0.717, 1.165) is 21.9 Å². The number of halogens is 1. The minimum atomic E-state index is -0.281. The number of aromatic nitrogens is 1. The number of thiazole rings is 1. The number of hydrogen-bond donors (Lipinski definition) is 1. The van der Waals surface area contributed by atoms with Crippen LogP contribution in [0.2, 0.25) is 5.02 Å². The molecule has 1 aromatic heterocycles. The summed E-state index contributed by atoms with van der Waals surface area (Å²) in [6, 6.07) is 17.1. The van der Waals surface area contributed by atoms with Crippen LogP contribution in [-0.4, -0.2) is 22.0 Å². The fourth-order valence-electron chi connectivity index (χ4n) is 6.89. The molecule has 166 valence electrons. The Morgan fingerprint density at radius 2 is 1.61 bits per heavy atom. The highest BCUT2D eigenvalue weighted by molar-refractivity contribution is 8.00. The number of nitrogens with zero attached hydrogens (tertiary/aromatic N) is 1. The van der Waals surface area contributed by atoms with E-state index in [-0.39, 0.29) is 57.4 Å². The minimum absolute atomic E-state index is 0.0251. The highest BCUT2D eigenvalue weighted by atomic mass is 35.5. The van der Waals surface area contributed by atoms with Gasteiger partial charge in [0, 0.05) is 21.1 Å². The molecule has 8 heteroatoms. The molecule has 3 heterocycles. The number of nitrogens with one attached hydrogen (secondary N) is 1. The average Bonchev–Trinajstić information content (AvgIpc) is 3.54. The lowest BCUT2D eigenvalue weighted by Gasteiger charge is -2.43. The zero-order valence-corrected chi connectivity index (χ0v) is 19.7. The van der Waals surface area contributed by atoms with Gasteiger partial charge in [-0.05, 0) is 54.0 Å². The number of fused-ring (bicyclic) bond motifs is 9. The third-order valence-corrected chi connectivity index (χ3v) is 10.8. The second-order valence-electron chi connectivity index (χ2n) is 9.36. The van der Waals surface area contributed by atoms with Gasteiger partial charge < -0.3 is 4.98 Å². The molecule has 0 spiro atoms. The standard InChI is InChI=1S/C25H19ClN2O3S2/c26-12-8-6-11(7-9-12)16-17-14-10-15(20(17)32-22-21(16)33-25(31)27-22)19-18(14)23(29)28(24(19)30)13-4-2-1-3-5-13/h1-9,14-20H,10H2,(H,27,31)/t14-,15+,16+,17+,18-,19+,20-/m1/s1. The van der Waals surface area contributed by atoms with Gasteiger partial charge >= 0.3 is 4.87 Å². The molecule has 5 nitrogen and oxygen atoms in total. The van der Waals surface area contributed by atoms with E-state index in [2.05, 4.69) is 4.98 Å². The fraction of sp³-hybridized carbons (Fsp3) is 0.320. The van der Waals surface area contributed by atoms with Gasteiger partial charge in [0.15, 0.2) is 0 Å². The van der Waals surface area contributed by atoms with Crippen molar-refractivity contribution in [3.63, 3.8) is 0 Å². The number of aromatic amines is 1. The molecule has 7 rings (SSSR count). The SMILES string of the molecule is O=C1[C@@H]2[C@@H]3C[C@H]([C@H]4Sc5[nH]c(=O)sc5[C@@H](c5ccc(Cl)cc5)[C@H]34)[C@@H]2C(=O)N1c1ccccc1. The molecule has 1 saturated heterocycles. The van der Waals surface area contributed by atoms with E-state index in [1.807, 2.05) is 54.6 Å². The van der Waals surface area contributed by atoms with Gasteiger partial charge in [-0.2, -0.15) is 0 Å². The predicted octanol–water partition coefficient (Wildman–Crippen LogP) is 4.77. The highest BCUT2D eigenvalue weighted by Gasteiger charge is 2.69. The van der Waals surface area contributed by atoms with Crippen molar-refractivity contribution >= 4 is 52.2 Å². The second kappa shape index (κ2) is 7.08. The first kappa shape index (κ1) is 20.1. The van der Waals surface area contributed by atoms with E-state index in [4.69, 9.17) is 11.6 Å². The van der Waals surface area contributed by atoms with Crippen molar-refractivity contribution in [1.82, 2.24) is 4.98 Å².